The normalized spacial score (nSPS) is 10.6. The Bertz CT molecular complexity index is 396. The van der Waals surface area contributed by atoms with Crippen LogP contribution in [0, 0.1) is 12.3 Å². The van der Waals surface area contributed by atoms with E-state index in [1.54, 1.807) is 12.1 Å². The fourth-order valence-corrected chi connectivity index (χ4v) is 1.03. The van der Waals surface area contributed by atoms with Crippen LogP contribution in [0.2, 0.25) is 0 Å². The highest BCUT2D eigenvalue weighted by atomic mass is 19.3. The van der Waals surface area contributed by atoms with Crippen molar-refractivity contribution in [3.63, 3.8) is 0 Å². The Labute approximate surface area is 92.9 Å². The molecule has 84 valence electrons. The minimum atomic E-state index is -2.48. The summed E-state index contributed by atoms with van der Waals surface area (Å²) < 4.78 is 24.7. The highest BCUT2D eigenvalue weighted by molar-refractivity contribution is 5.79. The zero-order valence-corrected chi connectivity index (χ0v) is 8.57. The first kappa shape index (κ1) is 12.2. The van der Waals surface area contributed by atoms with E-state index in [9.17, 15) is 8.78 Å². The molecule has 0 unspecified atom stereocenters. The number of benzene rings is 1. The molecule has 0 amide bonds. The molecule has 0 radical (unpaired) electrons. The quantitative estimate of drug-likeness (QED) is 0.325. The third-order valence-electron chi connectivity index (χ3n) is 1.78. The lowest BCUT2D eigenvalue weighted by atomic mass is 10.1. The van der Waals surface area contributed by atoms with E-state index in [4.69, 9.17) is 11.3 Å². The molecule has 0 aromatic heterocycles. The van der Waals surface area contributed by atoms with Gasteiger partial charge in [-0.1, -0.05) is 23.4 Å². The van der Waals surface area contributed by atoms with Crippen molar-refractivity contribution in [3.8, 4) is 12.3 Å². The molecule has 0 N–H and O–H groups in total. The number of hydrogen-bond donors (Lipinski definition) is 0. The van der Waals surface area contributed by atoms with Crippen LogP contribution in [0.4, 0.5) is 8.78 Å². The van der Waals surface area contributed by atoms with E-state index >= 15 is 0 Å². The number of oxime groups is 1. The molecular formula is C12H11F2NO. The summed E-state index contributed by atoms with van der Waals surface area (Å²) in [5, 5.41) is 3.61. The minimum Gasteiger partial charge on any atom is -0.395 e. The molecule has 0 aliphatic rings. The maximum atomic E-state index is 12.3. The largest absolute Gasteiger partial charge is 0.395 e. The van der Waals surface area contributed by atoms with Crippen molar-refractivity contribution >= 4 is 6.21 Å². The molecule has 0 bridgehead atoms. The molecule has 1 rings (SSSR count). The highest BCUT2D eigenvalue weighted by Gasteiger charge is 2.05. The van der Waals surface area contributed by atoms with Crippen LogP contribution in [0.25, 0.3) is 0 Å². The van der Waals surface area contributed by atoms with Gasteiger partial charge in [0.2, 0.25) is 0 Å². The van der Waals surface area contributed by atoms with E-state index in [1.807, 2.05) is 0 Å². The fraction of sp³-hybridized carbons (Fsp3) is 0.250. The standard InChI is InChI=1S/C12H11F2NO/c1-2-3-7-16-15-9-10-5-4-6-11(8-10)12(13)14/h1,4-6,8-9,12H,3,7H2. The SMILES string of the molecule is C#CCCON=Cc1cccc(C(F)F)c1. The Balaban J connectivity index is 2.54. The lowest BCUT2D eigenvalue weighted by Gasteiger charge is -2.00. The van der Waals surface area contributed by atoms with Crippen LogP contribution in [-0.4, -0.2) is 12.8 Å². The Morgan fingerprint density at radius 3 is 3.00 bits per heavy atom. The maximum Gasteiger partial charge on any atom is 0.263 e. The lowest BCUT2D eigenvalue weighted by Crippen LogP contribution is -1.90. The molecule has 0 aliphatic heterocycles. The number of nitrogens with zero attached hydrogens (tertiary/aromatic N) is 1. The molecule has 0 spiro atoms. The van der Waals surface area contributed by atoms with Gasteiger partial charge in [-0.05, 0) is 11.6 Å². The van der Waals surface area contributed by atoms with Gasteiger partial charge in [-0.2, -0.15) is 0 Å². The van der Waals surface area contributed by atoms with Gasteiger partial charge >= 0.3 is 0 Å². The molecule has 0 saturated carbocycles. The predicted octanol–water partition coefficient (Wildman–Crippen LogP) is 3.00. The molecule has 0 saturated heterocycles. The summed E-state index contributed by atoms with van der Waals surface area (Å²) in [5.74, 6) is 2.39. The first-order valence-electron chi connectivity index (χ1n) is 4.71. The van der Waals surface area contributed by atoms with Gasteiger partial charge in [0.15, 0.2) is 0 Å². The molecule has 0 aliphatic carbocycles. The molecule has 1 aromatic carbocycles. The molecular weight excluding hydrogens is 212 g/mol. The number of hydrogen-bond acceptors (Lipinski definition) is 2. The summed E-state index contributed by atoms with van der Waals surface area (Å²) in [6, 6.07) is 5.93. The maximum absolute atomic E-state index is 12.3. The van der Waals surface area contributed by atoms with Crippen LogP contribution in [0.3, 0.4) is 0 Å². The Morgan fingerprint density at radius 1 is 1.50 bits per heavy atom. The topological polar surface area (TPSA) is 21.6 Å². The summed E-state index contributed by atoms with van der Waals surface area (Å²) in [6.45, 7) is 0.321. The van der Waals surface area contributed by atoms with E-state index < -0.39 is 6.43 Å². The van der Waals surface area contributed by atoms with Gasteiger partial charge in [-0.15, -0.1) is 12.3 Å². The van der Waals surface area contributed by atoms with Gasteiger partial charge in [0.05, 0.1) is 6.21 Å². The van der Waals surface area contributed by atoms with Gasteiger partial charge in [0, 0.05) is 12.0 Å². The number of halogens is 2. The second-order valence-electron chi connectivity index (χ2n) is 2.99. The summed E-state index contributed by atoms with van der Waals surface area (Å²) in [6.07, 6.45) is 4.38. The predicted molar refractivity (Wildman–Crippen MR) is 58.4 cm³/mol. The second kappa shape index (κ2) is 6.57. The van der Waals surface area contributed by atoms with Gasteiger partial charge in [-0.25, -0.2) is 8.78 Å². The van der Waals surface area contributed by atoms with Crippen LogP contribution >= 0.6 is 0 Å². The van der Waals surface area contributed by atoms with Gasteiger partial charge in [0.1, 0.15) is 6.61 Å². The number of alkyl halides is 2. The summed E-state index contributed by atoms with van der Waals surface area (Å²) in [7, 11) is 0. The molecule has 2 nitrogen and oxygen atoms in total. The van der Waals surface area contributed by atoms with Crippen molar-refractivity contribution in [2.45, 2.75) is 12.8 Å². The zero-order valence-electron chi connectivity index (χ0n) is 8.57. The third-order valence-corrected chi connectivity index (χ3v) is 1.78. The van der Waals surface area contributed by atoms with Crippen molar-refractivity contribution in [1.82, 2.24) is 0 Å². The van der Waals surface area contributed by atoms with E-state index in [2.05, 4.69) is 11.1 Å². The van der Waals surface area contributed by atoms with Crippen molar-refractivity contribution in [1.29, 1.82) is 0 Å². The smallest absolute Gasteiger partial charge is 0.263 e. The molecule has 0 fully saturated rings. The number of rotatable bonds is 5. The average molecular weight is 223 g/mol. The molecule has 16 heavy (non-hydrogen) atoms. The molecule has 0 heterocycles. The van der Waals surface area contributed by atoms with Crippen molar-refractivity contribution in [3.05, 3.63) is 35.4 Å². The lowest BCUT2D eigenvalue weighted by molar-refractivity contribution is 0.150. The van der Waals surface area contributed by atoms with E-state index in [1.165, 1.54) is 18.3 Å². The van der Waals surface area contributed by atoms with Crippen LogP contribution in [0.1, 0.15) is 24.0 Å². The first-order chi connectivity index (χ1) is 7.74. The van der Waals surface area contributed by atoms with Gasteiger partial charge in [-0.3, -0.25) is 0 Å². The van der Waals surface area contributed by atoms with Gasteiger partial charge in [0.25, 0.3) is 6.43 Å². The Hall–Kier alpha value is -1.89. The minimum absolute atomic E-state index is 0.0347. The second-order valence-corrected chi connectivity index (χ2v) is 2.99. The van der Waals surface area contributed by atoms with Crippen molar-refractivity contribution < 1.29 is 13.6 Å². The van der Waals surface area contributed by atoms with Crippen LogP contribution < -0.4 is 0 Å². The summed E-state index contributed by atoms with van der Waals surface area (Å²) in [5.41, 5.74) is 0.533. The average Bonchev–Trinajstić information content (AvgIpc) is 2.29. The zero-order chi connectivity index (χ0) is 11.8. The van der Waals surface area contributed by atoms with Crippen LogP contribution in [0.15, 0.2) is 29.4 Å². The van der Waals surface area contributed by atoms with E-state index in [0.717, 1.165) is 0 Å². The Morgan fingerprint density at radius 2 is 2.31 bits per heavy atom. The summed E-state index contributed by atoms with van der Waals surface area (Å²) >= 11 is 0. The molecule has 0 atom stereocenters. The van der Waals surface area contributed by atoms with Crippen LogP contribution in [0.5, 0.6) is 0 Å². The van der Waals surface area contributed by atoms with Crippen LogP contribution in [-0.2, 0) is 4.84 Å². The monoisotopic (exact) mass is 223 g/mol. The van der Waals surface area contributed by atoms with Gasteiger partial charge < -0.3 is 4.84 Å². The Kier molecular flexibility index (Phi) is 5.00. The first-order valence-corrected chi connectivity index (χ1v) is 4.71. The van der Waals surface area contributed by atoms with E-state index in [0.29, 0.717) is 18.6 Å². The highest BCUT2D eigenvalue weighted by Crippen LogP contribution is 2.18. The molecule has 4 heteroatoms. The van der Waals surface area contributed by atoms with Crippen molar-refractivity contribution in [2.75, 3.05) is 6.61 Å². The third kappa shape index (κ3) is 4.09. The fourth-order valence-electron chi connectivity index (χ4n) is 1.03. The number of terminal acetylenes is 1. The van der Waals surface area contributed by atoms with Crippen molar-refractivity contribution in [2.24, 2.45) is 5.16 Å². The summed E-state index contributed by atoms with van der Waals surface area (Å²) in [4.78, 5) is 4.82. The molecule has 1 aromatic rings. The van der Waals surface area contributed by atoms with E-state index in [-0.39, 0.29) is 5.56 Å².